The highest BCUT2D eigenvalue weighted by Gasteiger charge is 2.42. The molecule has 0 saturated carbocycles. The van der Waals surface area contributed by atoms with E-state index in [-0.39, 0.29) is 29.0 Å². The Hall–Kier alpha value is -0.883. The van der Waals surface area contributed by atoms with Gasteiger partial charge in [-0.25, -0.2) is 0 Å². The fraction of sp³-hybridized carbons (Fsp3) is 0.958. The first-order valence-corrected chi connectivity index (χ1v) is 26.5. The van der Waals surface area contributed by atoms with Gasteiger partial charge in [0.15, 0.2) is 8.32 Å². The minimum absolute atomic E-state index is 0.0641. The summed E-state index contributed by atoms with van der Waals surface area (Å²) in [7, 11) is -0.502. The van der Waals surface area contributed by atoms with Gasteiger partial charge in [-0.15, -0.1) is 0 Å². The number of hydrogen-bond acceptors (Lipinski definition) is 5. The van der Waals surface area contributed by atoms with Gasteiger partial charge in [0.1, 0.15) is 0 Å². The molecule has 5 nitrogen and oxygen atoms in total. The Morgan fingerprint density at radius 3 is 1.17 bits per heavy atom. The van der Waals surface area contributed by atoms with E-state index in [0.29, 0.717) is 6.61 Å². The largest absolute Gasteiger partial charge is 0.469 e. The first-order chi connectivity index (χ1) is 25.7. The van der Waals surface area contributed by atoms with Crippen LogP contribution in [-0.4, -0.2) is 40.1 Å². The van der Waals surface area contributed by atoms with Gasteiger partial charge in [0.25, 0.3) is 0 Å². The lowest BCUT2D eigenvalue weighted by atomic mass is 9.91. The number of methoxy groups -OCH3 is 1. The number of hydrogen-bond donors (Lipinski definition) is 0. The third-order valence-electron chi connectivity index (χ3n) is 12.1. The lowest BCUT2D eigenvalue weighted by Crippen LogP contribution is -2.47. The molecule has 0 aromatic rings. The average Bonchev–Trinajstić information content (AvgIpc) is 3.11. The van der Waals surface area contributed by atoms with Crippen molar-refractivity contribution >= 4 is 20.3 Å². The molecular formula is C48H96O5Si. The molecule has 322 valence electrons. The normalized spacial score (nSPS) is 13.6. The second-order valence-corrected chi connectivity index (χ2v) is 24.2. The standard InChI is InChI=1S/C48H96O5Si/c1-11-12-13-14-15-16-17-18-19-20-21-22-23-24-25-26-27-28-29-31-34-37-40-43(45(49)51-8)44(53-54(9,10)48(5,6)7)41-38-35-32-30-33-36-39-42-52-46(50)47(2,3)4/h43-44H,11-42H2,1-10H3/t43?,44-/m1/s1. The van der Waals surface area contributed by atoms with Crippen LogP contribution < -0.4 is 0 Å². The summed E-state index contributed by atoms with van der Waals surface area (Å²) in [4.78, 5) is 25.1. The number of ether oxygens (including phenoxy) is 2. The Morgan fingerprint density at radius 2 is 0.833 bits per heavy atom. The van der Waals surface area contributed by atoms with Crippen LogP contribution in [0.4, 0.5) is 0 Å². The maximum Gasteiger partial charge on any atom is 0.311 e. The minimum atomic E-state index is -2.05. The molecule has 0 N–H and O–H groups in total. The Morgan fingerprint density at radius 1 is 0.500 bits per heavy atom. The molecule has 2 atom stereocenters. The van der Waals surface area contributed by atoms with Crippen LogP contribution in [0.2, 0.25) is 18.1 Å². The van der Waals surface area contributed by atoms with E-state index < -0.39 is 13.7 Å². The quantitative estimate of drug-likeness (QED) is 0.0357. The SMILES string of the molecule is CCCCCCCCCCCCCCCCCCCCCCCCC(C(=O)OC)[C@@H](CCCCCCCCCOC(=O)C(C)(C)C)O[Si](C)(C)C(C)(C)C. The lowest BCUT2D eigenvalue weighted by Gasteiger charge is -2.41. The average molecular weight is 781 g/mol. The Balaban J connectivity index is 4.29. The predicted molar refractivity (Wildman–Crippen MR) is 237 cm³/mol. The van der Waals surface area contributed by atoms with Crippen LogP contribution in [0.3, 0.4) is 0 Å². The molecule has 0 aliphatic heterocycles. The van der Waals surface area contributed by atoms with Gasteiger partial charge < -0.3 is 13.9 Å². The molecule has 0 aromatic carbocycles. The maximum atomic E-state index is 13.2. The molecular weight excluding hydrogens is 685 g/mol. The first kappa shape index (κ1) is 53.1. The maximum absolute atomic E-state index is 13.2. The molecule has 0 fully saturated rings. The Labute approximate surface area is 339 Å². The molecule has 0 saturated heterocycles. The molecule has 0 aliphatic rings. The van der Waals surface area contributed by atoms with Crippen molar-refractivity contribution in [3.05, 3.63) is 0 Å². The van der Waals surface area contributed by atoms with Crippen molar-refractivity contribution in [1.82, 2.24) is 0 Å². The van der Waals surface area contributed by atoms with E-state index >= 15 is 0 Å². The second kappa shape index (κ2) is 33.1. The molecule has 54 heavy (non-hydrogen) atoms. The minimum Gasteiger partial charge on any atom is -0.469 e. The molecule has 1 unspecified atom stereocenters. The van der Waals surface area contributed by atoms with E-state index in [4.69, 9.17) is 13.9 Å². The van der Waals surface area contributed by atoms with Gasteiger partial charge >= 0.3 is 11.9 Å². The Kier molecular flexibility index (Phi) is 32.6. The summed E-state index contributed by atoms with van der Waals surface area (Å²) in [5, 5.41) is 0.0968. The number of carbonyl (C=O) groups excluding carboxylic acids is 2. The van der Waals surface area contributed by atoms with Crippen LogP contribution in [0.1, 0.15) is 248 Å². The van der Waals surface area contributed by atoms with Gasteiger partial charge in [0.05, 0.1) is 31.2 Å². The molecule has 0 radical (unpaired) electrons. The molecule has 0 spiro atoms. The Bertz CT molecular complexity index is 873. The zero-order chi connectivity index (χ0) is 40.6. The van der Waals surface area contributed by atoms with E-state index in [0.717, 1.165) is 44.9 Å². The summed E-state index contributed by atoms with van der Waals surface area (Å²) in [5.41, 5.74) is -0.427. The highest BCUT2D eigenvalue weighted by molar-refractivity contribution is 6.74. The van der Waals surface area contributed by atoms with Crippen LogP contribution in [0, 0.1) is 11.3 Å². The van der Waals surface area contributed by atoms with Crippen LogP contribution in [0.15, 0.2) is 0 Å². The van der Waals surface area contributed by atoms with Crippen molar-refractivity contribution in [3.63, 3.8) is 0 Å². The van der Waals surface area contributed by atoms with Crippen molar-refractivity contribution in [3.8, 4) is 0 Å². The third kappa shape index (κ3) is 29.4. The number of esters is 2. The third-order valence-corrected chi connectivity index (χ3v) is 16.6. The van der Waals surface area contributed by atoms with E-state index in [1.54, 1.807) is 7.11 Å². The molecule has 6 heteroatoms. The van der Waals surface area contributed by atoms with Crippen molar-refractivity contribution in [2.24, 2.45) is 11.3 Å². The molecule has 0 bridgehead atoms. The fourth-order valence-corrected chi connectivity index (χ4v) is 8.58. The van der Waals surface area contributed by atoms with Gasteiger partial charge in [-0.3, -0.25) is 9.59 Å². The summed E-state index contributed by atoms with van der Waals surface area (Å²) in [6.07, 6.45) is 40.0. The summed E-state index contributed by atoms with van der Waals surface area (Å²) in [6, 6.07) is 0. The van der Waals surface area contributed by atoms with Crippen molar-refractivity contribution < 1.29 is 23.5 Å². The van der Waals surface area contributed by atoms with E-state index in [1.165, 1.54) is 154 Å². The summed E-state index contributed by atoms with van der Waals surface area (Å²) < 4.78 is 17.8. The van der Waals surface area contributed by atoms with Crippen molar-refractivity contribution in [2.75, 3.05) is 13.7 Å². The van der Waals surface area contributed by atoms with E-state index in [2.05, 4.69) is 40.8 Å². The summed E-state index contributed by atoms with van der Waals surface area (Å²) in [5.74, 6) is -0.377. The molecule has 0 aromatic heterocycles. The monoisotopic (exact) mass is 781 g/mol. The topological polar surface area (TPSA) is 61.8 Å². The molecule has 0 heterocycles. The van der Waals surface area contributed by atoms with Gasteiger partial charge in [-0.05, 0) is 58.2 Å². The van der Waals surface area contributed by atoms with Gasteiger partial charge in [-0.1, -0.05) is 207 Å². The van der Waals surface area contributed by atoms with Gasteiger partial charge in [-0.2, -0.15) is 0 Å². The highest BCUT2D eigenvalue weighted by atomic mass is 28.4. The number of unbranched alkanes of at least 4 members (excludes halogenated alkanes) is 27. The van der Waals surface area contributed by atoms with Crippen molar-refractivity contribution in [2.45, 2.75) is 272 Å². The number of carbonyl (C=O) groups is 2. The summed E-state index contributed by atoms with van der Waals surface area (Å²) in [6.45, 7) is 20.0. The van der Waals surface area contributed by atoms with E-state index in [1.807, 2.05) is 20.8 Å². The molecule has 0 rings (SSSR count). The molecule has 0 amide bonds. The van der Waals surface area contributed by atoms with E-state index in [9.17, 15) is 9.59 Å². The zero-order valence-electron chi connectivity index (χ0n) is 38.3. The smallest absolute Gasteiger partial charge is 0.311 e. The predicted octanol–water partition coefficient (Wildman–Crippen LogP) is 15.9. The highest BCUT2D eigenvalue weighted by Crippen LogP contribution is 2.39. The number of rotatable bonds is 37. The first-order valence-electron chi connectivity index (χ1n) is 23.6. The zero-order valence-corrected chi connectivity index (χ0v) is 39.3. The van der Waals surface area contributed by atoms with Crippen LogP contribution in [-0.2, 0) is 23.5 Å². The lowest BCUT2D eigenvalue weighted by molar-refractivity contribution is -0.153. The van der Waals surface area contributed by atoms with Crippen LogP contribution >= 0.6 is 0 Å². The van der Waals surface area contributed by atoms with Crippen LogP contribution in [0.5, 0.6) is 0 Å². The van der Waals surface area contributed by atoms with Gasteiger partial charge in [0.2, 0.25) is 0 Å². The van der Waals surface area contributed by atoms with Crippen molar-refractivity contribution in [1.29, 1.82) is 0 Å². The van der Waals surface area contributed by atoms with Gasteiger partial charge in [0, 0.05) is 0 Å². The molecule has 0 aliphatic carbocycles. The summed E-state index contributed by atoms with van der Waals surface area (Å²) >= 11 is 0. The fourth-order valence-electron chi connectivity index (χ4n) is 7.19. The van der Waals surface area contributed by atoms with Crippen LogP contribution in [0.25, 0.3) is 0 Å². The second-order valence-electron chi connectivity index (χ2n) is 19.4.